The summed E-state index contributed by atoms with van der Waals surface area (Å²) >= 11 is 0. The lowest BCUT2D eigenvalue weighted by Gasteiger charge is -2.07. The van der Waals surface area contributed by atoms with Gasteiger partial charge in [0.1, 0.15) is 0 Å². The minimum atomic E-state index is -0.389. The van der Waals surface area contributed by atoms with E-state index < -0.39 is 0 Å². The highest BCUT2D eigenvalue weighted by atomic mass is 16.5. The van der Waals surface area contributed by atoms with Crippen molar-refractivity contribution in [1.29, 1.82) is 0 Å². The number of benzene rings is 1. The predicted octanol–water partition coefficient (Wildman–Crippen LogP) is 3.16. The average molecular weight is 261 g/mol. The van der Waals surface area contributed by atoms with Gasteiger partial charge in [-0.25, -0.2) is 4.79 Å². The zero-order valence-electron chi connectivity index (χ0n) is 11.5. The highest BCUT2D eigenvalue weighted by Crippen LogP contribution is 2.13. The summed E-state index contributed by atoms with van der Waals surface area (Å²) in [6.45, 7) is 5.81. The van der Waals surface area contributed by atoms with Crippen molar-refractivity contribution in [2.24, 2.45) is 0 Å². The fourth-order valence-electron chi connectivity index (χ4n) is 1.57. The summed E-state index contributed by atoms with van der Waals surface area (Å²) in [4.78, 5) is 23.4. The van der Waals surface area contributed by atoms with E-state index in [1.807, 2.05) is 13.0 Å². The number of allylic oxidation sites excluding steroid dienone is 1. The van der Waals surface area contributed by atoms with Gasteiger partial charge in [-0.05, 0) is 38.5 Å². The van der Waals surface area contributed by atoms with Gasteiger partial charge in [0.2, 0.25) is 0 Å². The van der Waals surface area contributed by atoms with Crippen LogP contribution in [0, 0.1) is 0 Å². The van der Waals surface area contributed by atoms with Crippen LogP contribution in [0.15, 0.2) is 35.9 Å². The average Bonchev–Trinajstić information content (AvgIpc) is 2.39. The standard InChI is InChI=1S/C15H19NO3/c1-4-7-11(3)14(17)16-13-9-6-8-12(10-13)15(18)19-5-2/h6-10H,4-5H2,1-3H3,(H,16,17)/b11-7+. The predicted molar refractivity (Wildman–Crippen MR) is 75.1 cm³/mol. The first kappa shape index (κ1) is 15.0. The van der Waals surface area contributed by atoms with Crippen molar-refractivity contribution in [2.75, 3.05) is 11.9 Å². The second-order valence-corrected chi connectivity index (χ2v) is 4.05. The molecule has 0 fully saturated rings. The van der Waals surface area contributed by atoms with Crippen LogP contribution in [-0.4, -0.2) is 18.5 Å². The third-order valence-electron chi connectivity index (χ3n) is 2.50. The number of amides is 1. The van der Waals surface area contributed by atoms with Crippen LogP contribution in [0.4, 0.5) is 5.69 Å². The Morgan fingerprint density at radius 2 is 2.05 bits per heavy atom. The normalized spacial score (nSPS) is 11.0. The molecular weight excluding hydrogens is 242 g/mol. The number of anilines is 1. The highest BCUT2D eigenvalue weighted by Gasteiger charge is 2.09. The van der Waals surface area contributed by atoms with Gasteiger partial charge in [0.05, 0.1) is 12.2 Å². The molecule has 0 aliphatic rings. The lowest BCUT2D eigenvalue weighted by molar-refractivity contribution is -0.112. The molecule has 4 heteroatoms. The Hall–Kier alpha value is -2.10. The molecule has 1 N–H and O–H groups in total. The molecule has 0 saturated heterocycles. The molecule has 0 spiro atoms. The maximum atomic E-state index is 11.8. The Bertz CT molecular complexity index is 492. The molecule has 1 rings (SSSR count). The lowest BCUT2D eigenvalue weighted by atomic mass is 10.2. The third-order valence-corrected chi connectivity index (χ3v) is 2.50. The molecule has 0 heterocycles. The first-order valence-corrected chi connectivity index (χ1v) is 6.33. The van der Waals surface area contributed by atoms with E-state index in [9.17, 15) is 9.59 Å². The van der Waals surface area contributed by atoms with Crippen LogP contribution in [0.25, 0.3) is 0 Å². The Morgan fingerprint density at radius 1 is 1.32 bits per heavy atom. The van der Waals surface area contributed by atoms with E-state index in [1.54, 1.807) is 38.1 Å². The van der Waals surface area contributed by atoms with Crippen LogP contribution < -0.4 is 5.32 Å². The highest BCUT2D eigenvalue weighted by molar-refractivity contribution is 6.03. The summed E-state index contributed by atoms with van der Waals surface area (Å²) in [6.07, 6.45) is 2.66. The molecule has 0 atom stereocenters. The number of rotatable bonds is 5. The zero-order chi connectivity index (χ0) is 14.3. The number of hydrogen-bond donors (Lipinski definition) is 1. The van der Waals surface area contributed by atoms with Crippen LogP contribution in [0.5, 0.6) is 0 Å². The van der Waals surface area contributed by atoms with Crippen molar-refractivity contribution in [3.63, 3.8) is 0 Å². The largest absolute Gasteiger partial charge is 0.462 e. The third kappa shape index (κ3) is 4.58. The van der Waals surface area contributed by atoms with Crippen LogP contribution >= 0.6 is 0 Å². The van der Waals surface area contributed by atoms with Crippen molar-refractivity contribution in [1.82, 2.24) is 0 Å². The van der Waals surface area contributed by atoms with Gasteiger partial charge < -0.3 is 10.1 Å². The van der Waals surface area contributed by atoms with Crippen molar-refractivity contribution < 1.29 is 14.3 Å². The van der Waals surface area contributed by atoms with E-state index in [0.717, 1.165) is 6.42 Å². The molecule has 0 aliphatic heterocycles. The molecule has 0 radical (unpaired) electrons. The Kier molecular flexibility index (Phi) is 5.79. The van der Waals surface area contributed by atoms with Crippen LogP contribution in [0.2, 0.25) is 0 Å². The fraction of sp³-hybridized carbons (Fsp3) is 0.333. The first-order valence-electron chi connectivity index (χ1n) is 6.33. The number of nitrogens with one attached hydrogen (secondary N) is 1. The van der Waals surface area contributed by atoms with E-state index in [4.69, 9.17) is 4.74 Å². The van der Waals surface area contributed by atoms with E-state index in [1.165, 1.54) is 0 Å². The maximum Gasteiger partial charge on any atom is 0.338 e. The molecule has 102 valence electrons. The lowest BCUT2D eigenvalue weighted by Crippen LogP contribution is -2.13. The molecular formula is C15H19NO3. The van der Waals surface area contributed by atoms with Gasteiger partial charge in [-0.15, -0.1) is 0 Å². The topological polar surface area (TPSA) is 55.4 Å². The fourth-order valence-corrected chi connectivity index (χ4v) is 1.57. The van der Waals surface area contributed by atoms with Gasteiger partial charge in [-0.3, -0.25) is 4.79 Å². The molecule has 0 unspecified atom stereocenters. The summed E-state index contributed by atoms with van der Waals surface area (Å²) in [5, 5.41) is 2.75. The molecule has 1 amide bonds. The van der Waals surface area contributed by atoms with Crippen molar-refractivity contribution in [2.45, 2.75) is 27.2 Å². The van der Waals surface area contributed by atoms with Crippen molar-refractivity contribution in [3.8, 4) is 0 Å². The summed E-state index contributed by atoms with van der Waals surface area (Å²) in [5.41, 5.74) is 1.67. The molecule has 0 aromatic heterocycles. The Balaban J connectivity index is 2.80. The zero-order valence-corrected chi connectivity index (χ0v) is 11.5. The second kappa shape index (κ2) is 7.36. The Morgan fingerprint density at radius 3 is 2.68 bits per heavy atom. The summed E-state index contributed by atoms with van der Waals surface area (Å²) in [7, 11) is 0. The minimum absolute atomic E-state index is 0.164. The summed E-state index contributed by atoms with van der Waals surface area (Å²) in [5.74, 6) is -0.553. The van der Waals surface area contributed by atoms with Gasteiger partial charge in [0.25, 0.3) is 5.91 Å². The number of carbonyl (C=O) groups is 2. The smallest absolute Gasteiger partial charge is 0.338 e. The van der Waals surface area contributed by atoms with Gasteiger partial charge in [0, 0.05) is 11.3 Å². The quantitative estimate of drug-likeness (QED) is 0.654. The number of esters is 1. The molecule has 1 aromatic rings. The van der Waals surface area contributed by atoms with Gasteiger partial charge in [-0.1, -0.05) is 19.1 Å². The van der Waals surface area contributed by atoms with Gasteiger partial charge in [-0.2, -0.15) is 0 Å². The molecule has 1 aromatic carbocycles. The molecule has 0 saturated carbocycles. The molecule has 0 bridgehead atoms. The van der Waals surface area contributed by atoms with E-state index in [-0.39, 0.29) is 11.9 Å². The van der Waals surface area contributed by atoms with Crippen molar-refractivity contribution >= 4 is 17.6 Å². The minimum Gasteiger partial charge on any atom is -0.462 e. The molecule has 19 heavy (non-hydrogen) atoms. The van der Waals surface area contributed by atoms with Gasteiger partial charge in [0.15, 0.2) is 0 Å². The maximum absolute atomic E-state index is 11.8. The number of carbonyl (C=O) groups excluding carboxylic acids is 2. The van der Waals surface area contributed by atoms with Crippen LogP contribution in [0.3, 0.4) is 0 Å². The SMILES string of the molecule is CC/C=C(\C)C(=O)Nc1cccc(C(=O)OCC)c1. The summed E-state index contributed by atoms with van der Waals surface area (Å²) in [6, 6.07) is 6.71. The van der Waals surface area contributed by atoms with E-state index >= 15 is 0 Å². The Labute approximate surface area is 113 Å². The molecule has 4 nitrogen and oxygen atoms in total. The first-order chi connectivity index (χ1) is 9.08. The molecule has 0 aliphatic carbocycles. The summed E-state index contributed by atoms with van der Waals surface area (Å²) < 4.78 is 4.91. The van der Waals surface area contributed by atoms with E-state index in [0.29, 0.717) is 23.4 Å². The second-order valence-electron chi connectivity index (χ2n) is 4.05. The van der Waals surface area contributed by atoms with Gasteiger partial charge >= 0.3 is 5.97 Å². The number of hydrogen-bond acceptors (Lipinski definition) is 3. The number of ether oxygens (including phenoxy) is 1. The van der Waals surface area contributed by atoms with Crippen LogP contribution in [-0.2, 0) is 9.53 Å². The monoisotopic (exact) mass is 261 g/mol. The van der Waals surface area contributed by atoms with Crippen molar-refractivity contribution in [3.05, 3.63) is 41.5 Å². The van der Waals surface area contributed by atoms with E-state index in [2.05, 4.69) is 5.32 Å². The van der Waals surface area contributed by atoms with Crippen LogP contribution in [0.1, 0.15) is 37.6 Å².